The van der Waals surface area contributed by atoms with Gasteiger partial charge in [0.15, 0.2) is 0 Å². The summed E-state index contributed by atoms with van der Waals surface area (Å²) < 4.78 is 9.02. The third kappa shape index (κ3) is 11.0. The van der Waals surface area contributed by atoms with Crippen LogP contribution in [-0.2, 0) is 19.1 Å². The number of carbonyl (C=O) groups is 2. The van der Waals surface area contributed by atoms with Crippen LogP contribution in [0.5, 0.6) is 0 Å². The Morgan fingerprint density at radius 1 is 0.909 bits per heavy atom. The lowest BCUT2D eigenvalue weighted by Crippen LogP contribution is -2.23. The predicted octanol–water partition coefficient (Wildman–Crippen LogP) is 2.88. The van der Waals surface area contributed by atoms with Crippen molar-refractivity contribution in [2.45, 2.75) is 70.3 Å². The van der Waals surface area contributed by atoms with E-state index in [2.05, 4.69) is 9.47 Å². The molecule has 0 saturated carbocycles. The Hall–Kier alpha value is -1.66. The van der Waals surface area contributed by atoms with Gasteiger partial charge in [-0.05, 0) is 12.8 Å². The van der Waals surface area contributed by atoms with Crippen LogP contribution in [0.25, 0.3) is 0 Å². The molecular weight excluding hydrogens is 290 g/mol. The Labute approximate surface area is 131 Å². The highest BCUT2D eigenvalue weighted by molar-refractivity contribution is 5.69. The number of hydrogen-bond donors (Lipinski definition) is 0. The first-order valence-electron chi connectivity index (χ1n) is 7.78. The maximum absolute atomic E-state index is 11.1. The highest BCUT2D eigenvalue weighted by Crippen LogP contribution is 2.13. The standard InChI is InChI=1S/C15H27NO6/c1-21-14(17)11-9-7-5-3-4-6-8-10-13(16(19)20)12-15(18)22-2/h13H,3-12H2,1-2H3. The van der Waals surface area contributed by atoms with Crippen LogP contribution in [0, 0.1) is 10.1 Å². The Balaban J connectivity index is 3.55. The lowest BCUT2D eigenvalue weighted by atomic mass is 10.0. The molecule has 0 aliphatic carbocycles. The molecule has 7 heteroatoms. The Morgan fingerprint density at radius 2 is 1.41 bits per heavy atom. The quantitative estimate of drug-likeness (QED) is 0.224. The van der Waals surface area contributed by atoms with Crippen LogP contribution in [-0.4, -0.2) is 37.1 Å². The zero-order valence-electron chi connectivity index (χ0n) is 13.5. The molecule has 1 atom stereocenters. The average molecular weight is 317 g/mol. The lowest BCUT2D eigenvalue weighted by molar-refractivity contribution is -0.522. The van der Waals surface area contributed by atoms with Gasteiger partial charge < -0.3 is 9.47 Å². The first kappa shape index (κ1) is 20.3. The average Bonchev–Trinajstić information content (AvgIpc) is 2.51. The van der Waals surface area contributed by atoms with Gasteiger partial charge in [-0.2, -0.15) is 0 Å². The van der Waals surface area contributed by atoms with Crippen LogP contribution in [0.3, 0.4) is 0 Å². The largest absolute Gasteiger partial charge is 0.469 e. The van der Waals surface area contributed by atoms with Crippen LogP contribution in [0.15, 0.2) is 0 Å². The second-order valence-electron chi connectivity index (χ2n) is 5.31. The van der Waals surface area contributed by atoms with Crippen molar-refractivity contribution in [3.05, 3.63) is 10.1 Å². The molecule has 0 amide bonds. The highest BCUT2D eigenvalue weighted by Gasteiger charge is 2.23. The minimum Gasteiger partial charge on any atom is -0.469 e. The first-order chi connectivity index (χ1) is 10.5. The van der Waals surface area contributed by atoms with E-state index < -0.39 is 16.9 Å². The number of ether oxygens (including phenoxy) is 2. The number of rotatable bonds is 13. The van der Waals surface area contributed by atoms with E-state index in [4.69, 9.17) is 0 Å². The van der Waals surface area contributed by atoms with Crippen molar-refractivity contribution in [3.8, 4) is 0 Å². The molecule has 0 saturated heterocycles. The third-order valence-electron chi connectivity index (χ3n) is 3.57. The summed E-state index contributed by atoms with van der Waals surface area (Å²) in [5, 5.41) is 10.8. The Bertz CT molecular complexity index is 345. The maximum atomic E-state index is 11.1. The molecule has 128 valence electrons. The van der Waals surface area contributed by atoms with E-state index in [0.717, 1.165) is 44.9 Å². The van der Waals surface area contributed by atoms with Crippen molar-refractivity contribution in [1.29, 1.82) is 0 Å². The van der Waals surface area contributed by atoms with E-state index in [1.807, 2.05) is 0 Å². The van der Waals surface area contributed by atoms with Crippen LogP contribution >= 0.6 is 0 Å². The van der Waals surface area contributed by atoms with Gasteiger partial charge in [-0.25, -0.2) is 0 Å². The second kappa shape index (κ2) is 13.0. The number of carbonyl (C=O) groups excluding carboxylic acids is 2. The zero-order chi connectivity index (χ0) is 16.8. The summed E-state index contributed by atoms with van der Waals surface area (Å²) in [5.74, 6) is -0.705. The van der Waals surface area contributed by atoms with Crippen molar-refractivity contribution in [1.82, 2.24) is 0 Å². The zero-order valence-corrected chi connectivity index (χ0v) is 13.5. The van der Waals surface area contributed by atoms with Crippen molar-refractivity contribution in [3.63, 3.8) is 0 Å². The molecule has 1 unspecified atom stereocenters. The summed E-state index contributed by atoms with van der Waals surface area (Å²) in [6.07, 6.45) is 7.34. The molecule has 0 aromatic carbocycles. The minimum absolute atomic E-state index is 0.156. The topological polar surface area (TPSA) is 95.7 Å². The van der Waals surface area contributed by atoms with E-state index in [9.17, 15) is 19.7 Å². The number of methoxy groups -OCH3 is 2. The number of unbranched alkanes of at least 4 members (excludes halogenated alkanes) is 6. The molecule has 0 aliphatic heterocycles. The fourth-order valence-corrected chi connectivity index (χ4v) is 2.19. The Morgan fingerprint density at radius 3 is 1.91 bits per heavy atom. The van der Waals surface area contributed by atoms with Gasteiger partial charge in [0.1, 0.15) is 6.42 Å². The lowest BCUT2D eigenvalue weighted by Gasteiger charge is -2.08. The molecule has 0 aliphatic rings. The molecule has 0 aromatic heterocycles. The van der Waals surface area contributed by atoms with E-state index in [-0.39, 0.29) is 12.4 Å². The van der Waals surface area contributed by atoms with Gasteiger partial charge in [0, 0.05) is 17.8 Å². The van der Waals surface area contributed by atoms with Gasteiger partial charge in [0.2, 0.25) is 6.04 Å². The molecule has 0 spiro atoms. The summed E-state index contributed by atoms with van der Waals surface area (Å²) >= 11 is 0. The van der Waals surface area contributed by atoms with Crippen LogP contribution in [0.4, 0.5) is 0 Å². The van der Waals surface area contributed by atoms with Gasteiger partial charge in [0.25, 0.3) is 0 Å². The van der Waals surface area contributed by atoms with E-state index in [0.29, 0.717) is 12.8 Å². The molecule has 0 N–H and O–H groups in total. The normalized spacial score (nSPS) is 11.7. The molecule has 0 bridgehead atoms. The van der Waals surface area contributed by atoms with Gasteiger partial charge in [-0.3, -0.25) is 19.7 Å². The number of nitro groups is 1. The van der Waals surface area contributed by atoms with Crippen molar-refractivity contribution < 1.29 is 24.0 Å². The molecular formula is C15H27NO6. The summed E-state index contributed by atoms with van der Waals surface area (Å²) in [5.41, 5.74) is 0. The van der Waals surface area contributed by atoms with E-state index >= 15 is 0 Å². The van der Waals surface area contributed by atoms with Crippen molar-refractivity contribution >= 4 is 11.9 Å². The number of esters is 2. The summed E-state index contributed by atoms with van der Waals surface area (Å²) in [7, 11) is 2.63. The van der Waals surface area contributed by atoms with Gasteiger partial charge >= 0.3 is 11.9 Å². The smallest absolute Gasteiger partial charge is 0.312 e. The van der Waals surface area contributed by atoms with Crippen molar-refractivity contribution in [2.24, 2.45) is 0 Å². The van der Waals surface area contributed by atoms with Gasteiger partial charge in [0.05, 0.1) is 14.2 Å². The molecule has 0 rings (SSSR count). The molecule has 7 nitrogen and oxygen atoms in total. The van der Waals surface area contributed by atoms with Gasteiger partial charge in [-0.1, -0.05) is 32.1 Å². The molecule has 0 radical (unpaired) electrons. The summed E-state index contributed by atoms with van der Waals surface area (Å²) in [4.78, 5) is 32.4. The summed E-state index contributed by atoms with van der Waals surface area (Å²) in [6, 6.07) is -0.840. The second-order valence-corrected chi connectivity index (χ2v) is 5.31. The molecule has 22 heavy (non-hydrogen) atoms. The molecule has 0 fully saturated rings. The van der Waals surface area contributed by atoms with E-state index in [1.165, 1.54) is 14.2 Å². The van der Waals surface area contributed by atoms with E-state index in [1.54, 1.807) is 0 Å². The van der Waals surface area contributed by atoms with Crippen LogP contribution < -0.4 is 0 Å². The fraction of sp³-hybridized carbons (Fsp3) is 0.867. The van der Waals surface area contributed by atoms with Crippen LogP contribution in [0.1, 0.15) is 64.2 Å². The maximum Gasteiger partial charge on any atom is 0.312 e. The Kier molecular flexibility index (Phi) is 12.1. The minimum atomic E-state index is -0.840. The molecule has 0 aromatic rings. The number of hydrogen-bond acceptors (Lipinski definition) is 6. The number of nitrogens with zero attached hydrogens (tertiary/aromatic N) is 1. The summed E-state index contributed by atoms with van der Waals surface area (Å²) in [6.45, 7) is 0. The highest BCUT2D eigenvalue weighted by atomic mass is 16.6. The van der Waals surface area contributed by atoms with Crippen molar-refractivity contribution in [2.75, 3.05) is 14.2 Å². The monoisotopic (exact) mass is 317 g/mol. The SMILES string of the molecule is COC(=O)CCCCCCCCCC(CC(=O)OC)[N+](=O)[O-]. The predicted molar refractivity (Wildman–Crippen MR) is 81.0 cm³/mol. The fourth-order valence-electron chi connectivity index (χ4n) is 2.19. The van der Waals surface area contributed by atoms with Crippen LogP contribution in [0.2, 0.25) is 0 Å². The molecule has 0 heterocycles. The third-order valence-corrected chi connectivity index (χ3v) is 3.57. The van der Waals surface area contributed by atoms with Gasteiger partial charge in [-0.15, -0.1) is 0 Å². The first-order valence-corrected chi connectivity index (χ1v) is 7.78.